The molecule has 0 saturated heterocycles. The van der Waals surface area contributed by atoms with Gasteiger partial charge in [-0.1, -0.05) is 20.3 Å². The molecule has 0 rings (SSSR count). The van der Waals surface area contributed by atoms with Crippen molar-refractivity contribution in [2.75, 3.05) is 7.11 Å². The van der Waals surface area contributed by atoms with Crippen LogP contribution in [0.4, 0.5) is 4.79 Å². The van der Waals surface area contributed by atoms with Crippen LogP contribution in [0.1, 0.15) is 41.0 Å². The van der Waals surface area contributed by atoms with Crippen molar-refractivity contribution in [1.82, 2.24) is 5.32 Å². The molecule has 17 heavy (non-hydrogen) atoms. The Bertz CT molecular complexity index is 270. The van der Waals surface area contributed by atoms with E-state index in [1.54, 1.807) is 20.8 Å². The van der Waals surface area contributed by atoms with Crippen molar-refractivity contribution in [3.8, 4) is 0 Å². The van der Waals surface area contributed by atoms with Crippen LogP contribution in [0.15, 0.2) is 0 Å². The quantitative estimate of drug-likeness (QED) is 0.770. The number of esters is 1. The van der Waals surface area contributed by atoms with Gasteiger partial charge in [-0.3, -0.25) is 0 Å². The lowest BCUT2D eigenvalue weighted by Gasteiger charge is -2.25. The first-order valence-corrected chi connectivity index (χ1v) is 5.78. The molecule has 0 aromatic carbocycles. The maximum absolute atomic E-state index is 11.6. The zero-order valence-corrected chi connectivity index (χ0v) is 11.5. The second kappa shape index (κ2) is 6.47. The topological polar surface area (TPSA) is 64.6 Å². The third-order valence-corrected chi connectivity index (χ3v) is 2.34. The van der Waals surface area contributed by atoms with Crippen molar-refractivity contribution in [3.05, 3.63) is 0 Å². The van der Waals surface area contributed by atoms with Gasteiger partial charge in [-0.05, 0) is 26.7 Å². The number of carbonyl (C=O) groups is 2. The minimum Gasteiger partial charge on any atom is -0.467 e. The van der Waals surface area contributed by atoms with E-state index < -0.39 is 23.7 Å². The van der Waals surface area contributed by atoms with Crippen molar-refractivity contribution in [2.24, 2.45) is 5.92 Å². The molecule has 0 radical (unpaired) electrons. The molecule has 0 fully saturated rings. The predicted octanol–water partition coefficient (Wildman–Crippen LogP) is 2.10. The molecular formula is C12H23NO4. The van der Waals surface area contributed by atoms with Gasteiger partial charge in [-0.15, -0.1) is 0 Å². The smallest absolute Gasteiger partial charge is 0.408 e. The molecule has 5 heteroatoms. The number of methoxy groups -OCH3 is 1. The van der Waals surface area contributed by atoms with Crippen LogP contribution in [0.2, 0.25) is 0 Å². The molecule has 100 valence electrons. The fraction of sp³-hybridized carbons (Fsp3) is 0.833. The van der Waals surface area contributed by atoms with Crippen LogP contribution in [0.3, 0.4) is 0 Å². The van der Waals surface area contributed by atoms with Gasteiger partial charge in [0.15, 0.2) is 0 Å². The first-order valence-electron chi connectivity index (χ1n) is 5.78. The monoisotopic (exact) mass is 245 g/mol. The van der Waals surface area contributed by atoms with Crippen molar-refractivity contribution < 1.29 is 19.1 Å². The number of ether oxygens (including phenoxy) is 2. The van der Waals surface area contributed by atoms with Gasteiger partial charge < -0.3 is 14.8 Å². The van der Waals surface area contributed by atoms with E-state index in [1.807, 2.05) is 13.8 Å². The van der Waals surface area contributed by atoms with Gasteiger partial charge in [-0.2, -0.15) is 0 Å². The van der Waals surface area contributed by atoms with E-state index in [0.717, 1.165) is 6.42 Å². The average molecular weight is 245 g/mol. The summed E-state index contributed by atoms with van der Waals surface area (Å²) < 4.78 is 9.76. The molecule has 0 aromatic rings. The van der Waals surface area contributed by atoms with Gasteiger partial charge in [0.2, 0.25) is 0 Å². The summed E-state index contributed by atoms with van der Waals surface area (Å²) in [5.41, 5.74) is -0.583. The Morgan fingerprint density at radius 1 is 1.29 bits per heavy atom. The summed E-state index contributed by atoms with van der Waals surface area (Å²) in [5.74, 6) is -0.458. The maximum atomic E-state index is 11.6. The van der Waals surface area contributed by atoms with E-state index >= 15 is 0 Å². The average Bonchev–Trinajstić information content (AvgIpc) is 2.21. The number of hydrogen-bond donors (Lipinski definition) is 1. The Balaban J connectivity index is 4.54. The van der Waals surface area contributed by atoms with E-state index in [-0.39, 0.29) is 5.92 Å². The van der Waals surface area contributed by atoms with Crippen LogP contribution in [-0.2, 0) is 14.3 Å². The van der Waals surface area contributed by atoms with E-state index in [0.29, 0.717) is 0 Å². The number of alkyl carbamates (subject to hydrolysis) is 1. The normalized spacial score (nSPS) is 14.7. The van der Waals surface area contributed by atoms with E-state index in [2.05, 4.69) is 10.1 Å². The highest BCUT2D eigenvalue weighted by Gasteiger charge is 2.28. The summed E-state index contributed by atoms with van der Waals surface area (Å²) in [4.78, 5) is 23.1. The minimum absolute atomic E-state index is 0.00466. The van der Waals surface area contributed by atoms with Crippen LogP contribution in [0, 0.1) is 5.92 Å². The highest BCUT2D eigenvalue weighted by Crippen LogP contribution is 2.11. The first-order chi connectivity index (χ1) is 7.71. The lowest BCUT2D eigenvalue weighted by atomic mass is 9.99. The fourth-order valence-electron chi connectivity index (χ4n) is 1.23. The molecule has 0 spiro atoms. The summed E-state index contributed by atoms with van der Waals surface area (Å²) in [5, 5.41) is 2.54. The number of nitrogens with one attached hydrogen (secondary N) is 1. The number of hydrogen-bond acceptors (Lipinski definition) is 4. The molecule has 2 atom stereocenters. The maximum Gasteiger partial charge on any atom is 0.408 e. The van der Waals surface area contributed by atoms with Gasteiger partial charge >= 0.3 is 12.1 Å². The number of rotatable bonds is 4. The van der Waals surface area contributed by atoms with Gasteiger partial charge in [0.05, 0.1) is 7.11 Å². The molecule has 1 N–H and O–H groups in total. The highest BCUT2D eigenvalue weighted by atomic mass is 16.6. The van der Waals surface area contributed by atoms with Crippen LogP contribution < -0.4 is 5.32 Å². The van der Waals surface area contributed by atoms with Crippen molar-refractivity contribution in [1.29, 1.82) is 0 Å². The fourth-order valence-corrected chi connectivity index (χ4v) is 1.23. The van der Waals surface area contributed by atoms with Crippen molar-refractivity contribution in [3.63, 3.8) is 0 Å². The minimum atomic E-state index is -0.667. The molecule has 0 heterocycles. The third-order valence-electron chi connectivity index (χ3n) is 2.34. The van der Waals surface area contributed by atoms with Gasteiger partial charge in [0.1, 0.15) is 11.6 Å². The van der Waals surface area contributed by atoms with Gasteiger partial charge in [-0.25, -0.2) is 9.59 Å². The molecule has 0 aliphatic carbocycles. The zero-order valence-electron chi connectivity index (χ0n) is 11.5. The Kier molecular flexibility index (Phi) is 5.99. The Hall–Kier alpha value is -1.26. The summed E-state index contributed by atoms with van der Waals surface area (Å²) in [6, 6.07) is -0.667. The summed E-state index contributed by atoms with van der Waals surface area (Å²) >= 11 is 0. The molecule has 0 bridgehead atoms. The SMILES string of the molecule is CC[C@@H](C)[C@@H](NC(=O)OC(C)(C)C)C(=O)OC. The Labute approximate surface area is 103 Å². The molecule has 0 aliphatic heterocycles. The molecule has 1 amide bonds. The second-order valence-electron chi connectivity index (χ2n) is 5.03. The summed E-state index contributed by atoms with van der Waals surface area (Å²) in [7, 11) is 1.30. The zero-order chi connectivity index (χ0) is 13.6. The van der Waals surface area contributed by atoms with E-state index in [4.69, 9.17) is 4.74 Å². The third kappa shape index (κ3) is 6.14. The van der Waals surface area contributed by atoms with Gasteiger partial charge in [0, 0.05) is 0 Å². The number of carbonyl (C=O) groups excluding carboxylic acids is 2. The molecule has 0 unspecified atom stereocenters. The molecular weight excluding hydrogens is 222 g/mol. The van der Waals surface area contributed by atoms with Crippen molar-refractivity contribution in [2.45, 2.75) is 52.7 Å². The van der Waals surface area contributed by atoms with E-state index in [9.17, 15) is 9.59 Å². The van der Waals surface area contributed by atoms with Crippen LogP contribution >= 0.6 is 0 Å². The standard InChI is InChI=1S/C12H23NO4/c1-7-8(2)9(10(14)16-6)13-11(15)17-12(3,4)5/h8-9H,7H2,1-6H3,(H,13,15)/t8-,9-/m1/s1. The Morgan fingerprint density at radius 3 is 2.18 bits per heavy atom. The second-order valence-corrected chi connectivity index (χ2v) is 5.03. The van der Waals surface area contributed by atoms with E-state index in [1.165, 1.54) is 7.11 Å². The summed E-state index contributed by atoms with van der Waals surface area (Å²) in [6.45, 7) is 9.12. The number of amides is 1. The molecule has 0 aromatic heterocycles. The lowest BCUT2D eigenvalue weighted by molar-refractivity contribution is -0.144. The van der Waals surface area contributed by atoms with Crippen LogP contribution in [0.5, 0.6) is 0 Å². The highest BCUT2D eigenvalue weighted by molar-refractivity contribution is 5.81. The molecule has 0 aliphatic rings. The van der Waals surface area contributed by atoms with Crippen LogP contribution in [-0.4, -0.2) is 30.8 Å². The van der Waals surface area contributed by atoms with Crippen LogP contribution in [0.25, 0.3) is 0 Å². The van der Waals surface area contributed by atoms with Gasteiger partial charge in [0.25, 0.3) is 0 Å². The molecule has 0 saturated carbocycles. The lowest BCUT2D eigenvalue weighted by Crippen LogP contribution is -2.47. The first kappa shape index (κ1) is 15.7. The largest absolute Gasteiger partial charge is 0.467 e. The van der Waals surface area contributed by atoms with Crippen molar-refractivity contribution >= 4 is 12.1 Å². The predicted molar refractivity (Wildman–Crippen MR) is 64.6 cm³/mol. The summed E-state index contributed by atoms with van der Waals surface area (Å²) in [6.07, 6.45) is 0.156. The molecule has 5 nitrogen and oxygen atoms in total. The Morgan fingerprint density at radius 2 is 1.82 bits per heavy atom.